The van der Waals surface area contributed by atoms with Crippen LogP contribution in [0.3, 0.4) is 0 Å². The van der Waals surface area contributed by atoms with Gasteiger partial charge in [0.2, 0.25) is 10.0 Å². The van der Waals surface area contributed by atoms with Crippen LogP contribution in [0.5, 0.6) is 0 Å². The Balaban J connectivity index is 1.43. The Morgan fingerprint density at radius 1 is 1.09 bits per heavy atom. The van der Waals surface area contributed by atoms with Crippen LogP contribution in [0.4, 0.5) is 0 Å². The summed E-state index contributed by atoms with van der Waals surface area (Å²) in [7, 11) is -2.07. The third-order valence-electron chi connectivity index (χ3n) is 6.67. The number of H-pyrrole nitrogens is 1. The predicted octanol–water partition coefficient (Wildman–Crippen LogP) is 3.64. The lowest BCUT2D eigenvalue weighted by Gasteiger charge is -2.20. The Bertz CT molecular complexity index is 1550. The van der Waals surface area contributed by atoms with Crippen LogP contribution >= 0.6 is 0 Å². The molecule has 5 rings (SSSR count). The largest absolute Gasteiger partial charge is 0.361 e. The van der Waals surface area contributed by atoms with Gasteiger partial charge < -0.3 is 4.98 Å². The molecule has 2 aromatic heterocycles. The van der Waals surface area contributed by atoms with Gasteiger partial charge in [-0.05, 0) is 67.9 Å². The van der Waals surface area contributed by atoms with E-state index in [0.717, 1.165) is 58.8 Å². The number of nitrogens with one attached hydrogen (secondary N) is 2. The maximum absolute atomic E-state index is 13.2. The van der Waals surface area contributed by atoms with E-state index in [4.69, 9.17) is 0 Å². The van der Waals surface area contributed by atoms with Crippen molar-refractivity contribution >= 4 is 20.9 Å². The summed E-state index contributed by atoms with van der Waals surface area (Å²) >= 11 is 0. The fraction of sp³-hybridized carbons (Fsp3) is 0.308. The molecule has 0 radical (unpaired) electrons. The maximum Gasteiger partial charge on any atom is 0.269 e. The molecular weight excluding hydrogens is 448 g/mol. The Labute approximate surface area is 198 Å². The van der Waals surface area contributed by atoms with Gasteiger partial charge in [0.15, 0.2) is 0 Å². The molecule has 0 unspecified atom stereocenters. The van der Waals surface area contributed by atoms with Crippen LogP contribution in [-0.2, 0) is 36.3 Å². The summed E-state index contributed by atoms with van der Waals surface area (Å²) in [5, 5.41) is 5.62. The van der Waals surface area contributed by atoms with Crippen molar-refractivity contribution in [3.05, 3.63) is 81.3 Å². The summed E-state index contributed by atoms with van der Waals surface area (Å²) in [5.74, 6) is 0. The molecule has 0 aliphatic heterocycles. The van der Waals surface area contributed by atoms with Crippen molar-refractivity contribution in [2.24, 2.45) is 7.05 Å². The highest BCUT2D eigenvalue weighted by Crippen LogP contribution is 2.30. The average molecular weight is 477 g/mol. The third kappa shape index (κ3) is 4.08. The van der Waals surface area contributed by atoms with Crippen molar-refractivity contribution < 1.29 is 8.42 Å². The first-order valence-corrected chi connectivity index (χ1v) is 13.1. The van der Waals surface area contributed by atoms with Crippen molar-refractivity contribution in [3.63, 3.8) is 0 Å². The Hall–Kier alpha value is -3.23. The van der Waals surface area contributed by atoms with E-state index in [9.17, 15) is 13.2 Å². The number of rotatable bonds is 6. The molecule has 2 N–H and O–H groups in total. The zero-order valence-corrected chi connectivity index (χ0v) is 20.2. The fourth-order valence-corrected chi connectivity index (χ4v) is 6.16. The van der Waals surface area contributed by atoms with E-state index in [-0.39, 0.29) is 10.5 Å². The van der Waals surface area contributed by atoms with E-state index < -0.39 is 10.0 Å². The molecule has 0 amide bonds. The van der Waals surface area contributed by atoms with Crippen LogP contribution in [0, 0.1) is 6.92 Å². The maximum atomic E-state index is 13.2. The quantitative estimate of drug-likeness (QED) is 0.444. The molecule has 1 aliphatic carbocycles. The minimum Gasteiger partial charge on any atom is -0.361 e. The van der Waals surface area contributed by atoms with Crippen molar-refractivity contribution in [1.82, 2.24) is 19.5 Å². The topological polar surface area (TPSA) is 96.8 Å². The van der Waals surface area contributed by atoms with Crippen LogP contribution in [0.15, 0.2) is 58.4 Å². The molecule has 4 aromatic rings. The summed E-state index contributed by atoms with van der Waals surface area (Å²) in [6.07, 6.45) is 6.02. The number of aryl methyl sites for hydroxylation is 2. The third-order valence-corrected chi connectivity index (χ3v) is 8.27. The molecule has 176 valence electrons. The summed E-state index contributed by atoms with van der Waals surface area (Å²) in [6, 6.07) is 13.4. The van der Waals surface area contributed by atoms with Gasteiger partial charge in [0.1, 0.15) is 0 Å². The van der Waals surface area contributed by atoms with Gasteiger partial charge in [-0.2, -0.15) is 5.10 Å². The number of aromatic nitrogens is 3. The zero-order chi connectivity index (χ0) is 23.9. The molecule has 0 fully saturated rings. The molecule has 2 heterocycles. The van der Waals surface area contributed by atoms with Crippen LogP contribution in [0.25, 0.3) is 22.2 Å². The molecule has 0 saturated heterocycles. The summed E-state index contributed by atoms with van der Waals surface area (Å²) in [6.45, 7) is 2.09. The van der Waals surface area contributed by atoms with Gasteiger partial charge in [-0.15, -0.1) is 0 Å². The molecule has 0 atom stereocenters. The van der Waals surface area contributed by atoms with E-state index in [2.05, 4.69) is 14.8 Å². The van der Waals surface area contributed by atoms with Crippen molar-refractivity contribution in [2.75, 3.05) is 6.54 Å². The van der Waals surface area contributed by atoms with Gasteiger partial charge in [0.05, 0.1) is 10.6 Å². The highest BCUT2D eigenvalue weighted by Gasteiger charge is 2.23. The van der Waals surface area contributed by atoms with E-state index in [1.807, 2.05) is 42.6 Å². The van der Waals surface area contributed by atoms with Crippen molar-refractivity contribution in [1.29, 1.82) is 0 Å². The number of sulfonamides is 1. The Morgan fingerprint density at radius 3 is 2.68 bits per heavy atom. The zero-order valence-electron chi connectivity index (χ0n) is 19.4. The Kier molecular flexibility index (Phi) is 5.87. The van der Waals surface area contributed by atoms with Gasteiger partial charge in [0, 0.05) is 41.8 Å². The molecule has 34 heavy (non-hydrogen) atoms. The number of aromatic amines is 1. The Morgan fingerprint density at radius 2 is 1.85 bits per heavy atom. The molecule has 1 aliphatic rings. The molecule has 0 saturated carbocycles. The fourth-order valence-electron chi connectivity index (χ4n) is 4.86. The smallest absolute Gasteiger partial charge is 0.269 e. The first-order chi connectivity index (χ1) is 16.3. The monoisotopic (exact) mass is 476 g/mol. The number of benzene rings is 2. The van der Waals surface area contributed by atoms with Gasteiger partial charge in [0.25, 0.3) is 5.56 Å². The summed E-state index contributed by atoms with van der Waals surface area (Å²) < 4.78 is 30.6. The minimum absolute atomic E-state index is 0.0580. The number of nitrogens with zero attached hydrogens (tertiary/aromatic N) is 2. The SMILES string of the molecule is Cc1ccc(-c2nn(C)c(=O)c3c2CCCC3)cc1S(=O)(=O)NCCc1c[nH]c2ccccc12. The first kappa shape index (κ1) is 22.6. The second-order valence-corrected chi connectivity index (χ2v) is 10.7. The minimum atomic E-state index is -3.72. The summed E-state index contributed by atoms with van der Waals surface area (Å²) in [5.41, 5.74) is 5.90. The normalized spacial score (nSPS) is 13.8. The molecule has 2 aromatic carbocycles. The van der Waals surface area contributed by atoms with Crippen LogP contribution in [-0.4, -0.2) is 29.7 Å². The van der Waals surface area contributed by atoms with Crippen LogP contribution in [0.2, 0.25) is 0 Å². The van der Waals surface area contributed by atoms with Crippen LogP contribution < -0.4 is 10.3 Å². The highest BCUT2D eigenvalue weighted by molar-refractivity contribution is 7.89. The van der Waals surface area contributed by atoms with Gasteiger partial charge in [-0.3, -0.25) is 4.79 Å². The van der Waals surface area contributed by atoms with Crippen molar-refractivity contribution in [2.45, 2.75) is 43.9 Å². The number of para-hydroxylation sites is 1. The second kappa shape index (κ2) is 8.85. The predicted molar refractivity (Wildman–Crippen MR) is 133 cm³/mol. The van der Waals surface area contributed by atoms with E-state index in [0.29, 0.717) is 24.2 Å². The molecule has 0 bridgehead atoms. The highest BCUT2D eigenvalue weighted by atomic mass is 32.2. The number of hydrogen-bond acceptors (Lipinski definition) is 4. The lowest BCUT2D eigenvalue weighted by Crippen LogP contribution is -2.28. The van der Waals surface area contributed by atoms with E-state index in [1.165, 1.54) is 4.68 Å². The summed E-state index contributed by atoms with van der Waals surface area (Å²) in [4.78, 5) is 16.0. The lowest BCUT2D eigenvalue weighted by atomic mass is 9.89. The molecular formula is C26H28N4O3S. The second-order valence-electron chi connectivity index (χ2n) is 8.93. The van der Waals surface area contributed by atoms with Crippen molar-refractivity contribution in [3.8, 4) is 11.3 Å². The van der Waals surface area contributed by atoms with Crippen LogP contribution in [0.1, 0.15) is 35.1 Å². The average Bonchev–Trinajstić information content (AvgIpc) is 3.25. The molecule has 0 spiro atoms. The number of hydrogen-bond donors (Lipinski definition) is 2. The molecule has 8 heteroatoms. The molecule has 7 nitrogen and oxygen atoms in total. The van der Waals surface area contributed by atoms with E-state index >= 15 is 0 Å². The van der Waals surface area contributed by atoms with E-state index in [1.54, 1.807) is 20.0 Å². The van der Waals surface area contributed by atoms with Gasteiger partial charge >= 0.3 is 0 Å². The van der Waals surface area contributed by atoms with Gasteiger partial charge in [-0.25, -0.2) is 17.8 Å². The standard InChI is InChI=1S/C26H28N4O3S/c1-17-11-12-18(25-21-8-3-4-9-22(21)26(31)30(2)29-25)15-24(17)34(32,33)28-14-13-19-16-27-23-10-6-5-7-20(19)23/h5-7,10-12,15-16,27-28H,3-4,8-9,13-14H2,1-2H3. The first-order valence-electron chi connectivity index (χ1n) is 11.6. The number of fused-ring (bicyclic) bond motifs is 2. The lowest BCUT2D eigenvalue weighted by molar-refractivity contribution is 0.581. The van der Waals surface area contributed by atoms with Gasteiger partial charge in [-0.1, -0.05) is 30.3 Å².